The van der Waals surface area contributed by atoms with E-state index in [1.54, 1.807) is 11.1 Å². The Kier molecular flexibility index (Phi) is 4.73. The molecule has 0 radical (unpaired) electrons. The zero-order chi connectivity index (χ0) is 18.8. The molecule has 0 fully saturated rings. The van der Waals surface area contributed by atoms with Crippen LogP contribution in [0.4, 0.5) is 5.13 Å². The van der Waals surface area contributed by atoms with Crippen LogP contribution in [0, 0.1) is 6.92 Å². The molecular weight excluding hydrogens is 358 g/mol. The van der Waals surface area contributed by atoms with Crippen molar-refractivity contribution in [1.29, 1.82) is 0 Å². The second-order valence-corrected chi connectivity index (χ2v) is 7.50. The molecule has 1 N–H and O–H groups in total. The third-order valence-corrected chi connectivity index (χ3v) is 5.43. The normalized spacial score (nSPS) is 14.1. The number of aryl methyl sites for hydroxylation is 1. The molecule has 1 aliphatic rings. The maximum absolute atomic E-state index is 13.0. The average molecular weight is 377 g/mol. The van der Waals surface area contributed by atoms with Crippen LogP contribution in [-0.2, 0) is 11.3 Å². The number of hydrogen-bond acceptors (Lipinski definition) is 4. The third kappa shape index (κ3) is 3.61. The fraction of sp³-hybridized carbons (Fsp3) is 0.190. The van der Waals surface area contributed by atoms with Crippen LogP contribution in [0.3, 0.4) is 0 Å². The number of thiazole rings is 1. The average Bonchev–Trinajstić information content (AvgIpc) is 3.29. The maximum atomic E-state index is 13.0. The van der Waals surface area contributed by atoms with Crippen molar-refractivity contribution in [2.45, 2.75) is 25.9 Å². The van der Waals surface area contributed by atoms with E-state index in [4.69, 9.17) is 0 Å². The Morgan fingerprint density at radius 1 is 1.22 bits per heavy atom. The highest BCUT2D eigenvalue weighted by Crippen LogP contribution is 2.33. The Bertz CT molecular complexity index is 967. The molecule has 1 aliphatic heterocycles. The molecule has 2 amide bonds. The summed E-state index contributed by atoms with van der Waals surface area (Å²) in [5.74, 6) is -0.183. The fourth-order valence-electron chi connectivity index (χ4n) is 3.36. The van der Waals surface area contributed by atoms with Gasteiger partial charge in [0, 0.05) is 23.7 Å². The summed E-state index contributed by atoms with van der Waals surface area (Å²) in [6.07, 6.45) is 1.83. The van der Waals surface area contributed by atoms with Gasteiger partial charge in [0.25, 0.3) is 5.91 Å². The predicted octanol–water partition coefficient (Wildman–Crippen LogP) is 4.18. The first-order valence-electron chi connectivity index (χ1n) is 8.76. The largest absolute Gasteiger partial charge is 0.327 e. The first kappa shape index (κ1) is 17.4. The molecule has 1 atom stereocenters. The minimum atomic E-state index is -0.328. The van der Waals surface area contributed by atoms with Gasteiger partial charge in [0.15, 0.2) is 5.13 Å². The number of carbonyl (C=O) groups is 2. The van der Waals surface area contributed by atoms with E-state index in [0.29, 0.717) is 11.7 Å². The van der Waals surface area contributed by atoms with E-state index in [0.717, 1.165) is 22.3 Å². The highest BCUT2D eigenvalue weighted by molar-refractivity contribution is 7.13. The van der Waals surface area contributed by atoms with Crippen LogP contribution in [0.1, 0.15) is 39.5 Å². The molecule has 2 aromatic carbocycles. The van der Waals surface area contributed by atoms with Gasteiger partial charge in [0.2, 0.25) is 5.91 Å². The second kappa shape index (κ2) is 7.32. The van der Waals surface area contributed by atoms with Gasteiger partial charge in [-0.3, -0.25) is 9.59 Å². The summed E-state index contributed by atoms with van der Waals surface area (Å²) >= 11 is 1.38. The van der Waals surface area contributed by atoms with Crippen molar-refractivity contribution in [3.05, 3.63) is 82.4 Å². The fourth-order valence-corrected chi connectivity index (χ4v) is 3.90. The van der Waals surface area contributed by atoms with Gasteiger partial charge in [0.1, 0.15) is 0 Å². The van der Waals surface area contributed by atoms with Crippen LogP contribution in [0.2, 0.25) is 0 Å². The Balaban J connectivity index is 1.61. The zero-order valence-corrected chi connectivity index (χ0v) is 15.7. The minimum Gasteiger partial charge on any atom is -0.327 e. The molecule has 0 saturated heterocycles. The van der Waals surface area contributed by atoms with Gasteiger partial charge < -0.3 is 10.2 Å². The molecule has 4 rings (SSSR count). The predicted molar refractivity (Wildman–Crippen MR) is 106 cm³/mol. The Morgan fingerprint density at radius 2 is 2.00 bits per heavy atom. The van der Waals surface area contributed by atoms with Gasteiger partial charge in [-0.15, -0.1) is 11.3 Å². The number of fused-ring (bicyclic) bond motifs is 1. The Morgan fingerprint density at radius 3 is 2.70 bits per heavy atom. The number of amides is 2. The molecule has 3 aromatic rings. The molecule has 0 aliphatic carbocycles. The van der Waals surface area contributed by atoms with E-state index in [9.17, 15) is 9.59 Å². The van der Waals surface area contributed by atoms with Crippen molar-refractivity contribution < 1.29 is 9.59 Å². The van der Waals surface area contributed by atoms with Crippen molar-refractivity contribution in [1.82, 2.24) is 9.88 Å². The number of nitrogens with zero attached hydrogens (tertiary/aromatic N) is 2. The molecule has 1 unspecified atom stereocenters. The molecule has 0 bridgehead atoms. The number of carbonyl (C=O) groups excluding carboxylic acids is 2. The molecule has 1 aromatic heterocycles. The molecule has 2 heterocycles. The third-order valence-electron chi connectivity index (χ3n) is 4.75. The first-order chi connectivity index (χ1) is 13.1. The summed E-state index contributed by atoms with van der Waals surface area (Å²) in [5.41, 5.74) is 3.81. The van der Waals surface area contributed by atoms with E-state index in [2.05, 4.69) is 10.3 Å². The van der Waals surface area contributed by atoms with Crippen molar-refractivity contribution >= 4 is 28.3 Å². The van der Waals surface area contributed by atoms with Crippen LogP contribution in [-0.4, -0.2) is 21.7 Å². The summed E-state index contributed by atoms with van der Waals surface area (Å²) in [4.78, 5) is 31.5. The van der Waals surface area contributed by atoms with Crippen LogP contribution < -0.4 is 5.32 Å². The summed E-state index contributed by atoms with van der Waals surface area (Å²) in [7, 11) is 0. The van der Waals surface area contributed by atoms with E-state index in [1.165, 1.54) is 11.3 Å². The number of benzene rings is 2. The van der Waals surface area contributed by atoms with E-state index < -0.39 is 0 Å². The van der Waals surface area contributed by atoms with Crippen molar-refractivity contribution in [3.63, 3.8) is 0 Å². The SMILES string of the molecule is Cc1ccc(C(CC(=O)Nc2nccs2)N2Cc3ccccc3C2=O)cc1. The summed E-state index contributed by atoms with van der Waals surface area (Å²) < 4.78 is 0. The second-order valence-electron chi connectivity index (χ2n) is 6.61. The van der Waals surface area contributed by atoms with Gasteiger partial charge in [-0.1, -0.05) is 48.0 Å². The lowest BCUT2D eigenvalue weighted by atomic mass is 10.0. The van der Waals surface area contributed by atoms with Crippen molar-refractivity contribution in [3.8, 4) is 0 Å². The Hall–Kier alpha value is -2.99. The lowest BCUT2D eigenvalue weighted by Gasteiger charge is -2.28. The minimum absolute atomic E-state index is 0.0294. The van der Waals surface area contributed by atoms with E-state index >= 15 is 0 Å². The summed E-state index contributed by atoms with van der Waals surface area (Å²) in [6, 6.07) is 15.3. The molecule has 0 spiro atoms. The summed E-state index contributed by atoms with van der Waals surface area (Å²) in [6.45, 7) is 2.53. The smallest absolute Gasteiger partial charge is 0.255 e. The van der Waals surface area contributed by atoms with Crippen molar-refractivity contribution in [2.75, 3.05) is 5.32 Å². The lowest BCUT2D eigenvalue weighted by molar-refractivity contribution is -0.117. The first-order valence-corrected chi connectivity index (χ1v) is 9.64. The monoisotopic (exact) mass is 377 g/mol. The Labute approximate surface area is 161 Å². The molecule has 27 heavy (non-hydrogen) atoms. The zero-order valence-electron chi connectivity index (χ0n) is 14.9. The maximum Gasteiger partial charge on any atom is 0.255 e. The molecule has 0 saturated carbocycles. The molecular formula is C21H19N3O2S. The lowest BCUT2D eigenvalue weighted by Crippen LogP contribution is -2.32. The van der Waals surface area contributed by atoms with Gasteiger partial charge >= 0.3 is 0 Å². The number of anilines is 1. The van der Waals surface area contributed by atoms with Gasteiger partial charge in [-0.2, -0.15) is 0 Å². The highest BCUT2D eigenvalue weighted by Gasteiger charge is 2.34. The quantitative estimate of drug-likeness (QED) is 0.726. The molecule has 6 heteroatoms. The van der Waals surface area contributed by atoms with Crippen LogP contribution in [0.25, 0.3) is 0 Å². The standard InChI is InChI=1S/C21H19N3O2S/c1-14-6-8-15(9-7-14)18(12-19(25)23-21-22-10-11-27-21)24-13-16-4-2-3-5-17(16)20(24)26/h2-11,18H,12-13H2,1H3,(H,22,23,25). The number of rotatable bonds is 5. The van der Waals surface area contributed by atoms with E-state index in [-0.39, 0.29) is 24.3 Å². The number of nitrogens with one attached hydrogen (secondary N) is 1. The highest BCUT2D eigenvalue weighted by atomic mass is 32.1. The number of aromatic nitrogens is 1. The van der Waals surface area contributed by atoms with Gasteiger partial charge in [-0.25, -0.2) is 4.98 Å². The topological polar surface area (TPSA) is 62.3 Å². The van der Waals surface area contributed by atoms with Crippen LogP contribution >= 0.6 is 11.3 Å². The van der Waals surface area contributed by atoms with Gasteiger partial charge in [0.05, 0.1) is 12.5 Å². The van der Waals surface area contributed by atoms with E-state index in [1.807, 2.05) is 60.8 Å². The van der Waals surface area contributed by atoms with Crippen molar-refractivity contribution in [2.24, 2.45) is 0 Å². The van der Waals surface area contributed by atoms with Crippen LogP contribution in [0.15, 0.2) is 60.1 Å². The summed E-state index contributed by atoms with van der Waals surface area (Å²) in [5, 5.41) is 5.20. The molecule has 5 nitrogen and oxygen atoms in total. The number of hydrogen-bond donors (Lipinski definition) is 1. The molecule has 136 valence electrons. The van der Waals surface area contributed by atoms with Gasteiger partial charge in [-0.05, 0) is 24.1 Å². The van der Waals surface area contributed by atoms with Crippen LogP contribution in [0.5, 0.6) is 0 Å².